The normalized spacial score (nSPS) is 23.3. The average Bonchev–Trinajstić information content (AvgIpc) is 2.43. The fraction of sp³-hybridized carbons (Fsp3) is 0.714. The van der Waals surface area contributed by atoms with Crippen LogP contribution in [0.2, 0.25) is 0 Å². The summed E-state index contributed by atoms with van der Waals surface area (Å²) in [6.45, 7) is 2.11. The standard InChI is InChI=1S/C14H23N3O2/c1-3-5-12-13(15)16-9-17-14(12)19-11-7-4-6-10(8-11)18-2/h9-11H,3-8H2,1-2H3,(H2,15,16,17). The van der Waals surface area contributed by atoms with Gasteiger partial charge in [-0.3, -0.25) is 0 Å². The molecule has 5 heteroatoms. The Morgan fingerprint density at radius 1 is 1.32 bits per heavy atom. The highest BCUT2D eigenvalue weighted by atomic mass is 16.5. The summed E-state index contributed by atoms with van der Waals surface area (Å²) in [6, 6.07) is 0. The van der Waals surface area contributed by atoms with Gasteiger partial charge in [0.15, 0.2) is 0 Å². The van der Waals surface area contributed by atoms with Crippen molar-refractivity contribution in [3.8, 4) is 5.88 Å². The maximum atomic E-state index is 6.04. The number of nitrogens with two attached hydrogens (primary N) is 1. The minimum absolute atomic E-state index is 0.170. The Balaban J connectivity index is 2.07. The fourth-order valence-electron chi connectivity index (χ4n) is 2.58. The smallest absolute Gasteiger partial charge is 0.222 e. The van der Waals surface area contributed by atoms with Gasteiger partial charge in [-0.2, -0.15) is 0 Å². The second-order valence-corrected chi connectivity index (χ2v) is 5.06. The van der Waals surface area contributed by atoms with E-state index in [9.17, 15) is 0 Å². The van der Waals surface area contributed by atoms with Gasteiger partial charge in [0, 0.05) is 13.5 Å². The van der Waals surface area contributed by atoms with Gasteiger partial charge in [0.25, 0.3) is 0 Å². The maximum Gasteiger partial charge on any atom is 0.222 e. The second-order valence-electron chi connectivity index (χ2n) is 5.06. The van der Waals surface area contributed by atoms with Crippen molar-refractivity contribution in [2.45, 2.75) is 57.7 Å². The molecule has 1 aliphatic rings. The molecular weight excluding hydrogens is 242 g/mol. The molecule has 0 bridgehead atoms. The summed E-state index contributed by atoms with van der Waals surface area (Å²) in [6.07, 6.45) is 8.01. The van der Waals surface area contributed by atoms with E-state index in [1.165, 1.54) is 6.33 Å². The van der Waals surface area contributed by atoms with Crippen LogP contribution in [-0.2, 0) is 11.2 Å². The van der Waals surface area contributed by atoms with Crippen LogP contribution in [0.15, 0.2) is 6.33 Å². The molecule has 106 valence electrons. The Labute approximate surface area is 114 Å². The van der Waals surface area contributed by atoms with Crippen molar-refractivity contribution in [1.29, 1.82) is 0 Å². The fourth-order valence-corrected chi connectivity index (χ4v) is 2.58. The molecule has 1 aromatic rings. The van der Waals surface area contributed by atoms with Crippen LogP contribution in [0.5, 0.6) is 5.88 Å². The largest absolute Gasteiger partial charge is 0.474 e. The lowest BCUT2D eigenvalue weighted by atomic mass is 9.95. The Morgan fingerprint density at radius 3 is 2.84 bits per heavy atom. The molecule has 0 amide bonds. The topological polar surface area (TPSA) is 70.3 Å². The minimum Gasteiger partial charge on any atom is -0.474 e. The predicted molar refractivity (Wildman–Crippen MR) is 74.1 cm³/mol. The van der Waals surface area contributed by atoms with Gasteiger partial charge in [-0.05, 0) is 25.7 Å². The Bertz CT molecular complexity index is 412. The van der Waals surface area contributed by atoms with Crippen LogP contribution in [0.1, 0.15) is 44.6 Å². The summed E-state index contributed by atoms with van der Waals surface area (Å²) in [5.74, 6) is 1.18. The molecule has 5 nitrogen and oxygen atoms in total. The van der Waals surface area contributed by atoms with Gasteiger partial charge in [-0.15, -0.1) is 0 Å². The lowest BCUT2D eigenvalue weighted by Crippen LogP contribution is -2.30. The maximum absolute atomic E-state index is 6.04. The first-order valence-corrected chi connectivity index (χ1v) is 7.03. The SMILES string of the molecule is CCCc1c(N)ncnc1OC1CCCC(OC)C1. The third-order valence-corrected chi connectivity index (χ3v) is 3.63. The summed E-state index contributed by atoms with van der Waals surface area (Å²) in [5, 5.41) is 0. The third kappa shape index (κ3) is 3.56. The highest BCUT2D eigenvalue weighted by Gasteiger charge is 2.24. The number of hydrogen-bond acceptors (Lipinski definition) is 5. The van der Waals surface area contributed by atoms with Crippen molar-refractivity contribution in [2.75, 3.05) is 12.8 Å². The van der Waals surface area contributed by atoms with Crippen LogP contribution in [0.25, 0.3) is 0 Å². The zero-order chi connectivity index (χ0) is 13.7. The molecule has 2 unspecified atom stereocenters. The number of nitrogen functional groups attached to an aromatic ring is 1. The molecule has 1 aromatic heterocycles. The van der Waals surface area contributed by atoms with Crippen LogP contribution in [0.4, 0.5) is 5.82 Å². The summed E-state index contributed by atoms with van der Waals surface area (Å²) >= 11 is 0. The highest BCUT2D eigenvalue weighted by molar-refractivity contribution is 5.44. The quantitative estimate of drug-likeness (QED) is 0.885. The van der Waals surface area contributed by atoms with Crippen molar-refractivity contribution in [3.63, 3.8) is 0 Å². The molecule has 1 aliphatic carbocycles. The van der Waals surface area contributed by atoms with Crippen molar-refractivity contribution in [2.24, 2.45) is 0 Å². The molecule has 0 aliphatic heterocycles. The van der Waals surface area contributed by atoms with E-state index in [0.717, 1.165) is 44.1 Å². The van der Waals surface area contributed by atoms with Crippen molar-refractivity contribution in [1.82, 2.24) is 9.97 Å². The molecule has 2 rings (SSSR count). The first kappa shape index (κ1) is 14.1. The van der Waals surface area contributed by atoms with E-state index in [4.69, 9.17) is 15.2 Å². The van der Waals surface area contributed by atoms with Gasteiger partial charge in [0.1, 0.15) is 18.2 Å². The van der Waals surface area contributed by atoms with Gasteiger partial charge >= 0.3 is 0 Å². The first-order valence-electron chi connectivity index (χ1n) is 7.03. The molecule has 19 heavy (non-hydrogen) atoms. The number of anilines is 1. The van der Waals surface area contributed by atoms with E-state index in [1.54, 1.807) is 7.11 Å². The van der Waals surface area contributed by atoms with Gasteiger partial charge < -0.3 is 15.2 Å². The molecule has 1 fully saturated rings. The number of rotatable bonds is 5. The van der Waals surface area contributed by atoms with E-state index in [0.29, 0.717) is 17.8 Å². The van der Waals surface area contributed by atoms with Crippen LogP contribution < -0.4 is 10.5 Å². The summed E-state index contributed by atoms with van der Waals surface area (Å²) < 4.78 is 11.5. The molecule has 0 spiro atoms. The molecule has 1 saturated carbocycles. The van der Waals surface area contributed by atoms with Crippen LogP contribution in [0, 0.1) is 0 Å². The monoisotopic (exact) mass is 265 g/mol. The van der Waals surface area contributed by atoms with Crippen LogP contribution >= 0.6 is 0 Å². The third-order valence-electron chi connectivity index (χ3n) is 3.63. The van der Waals surface area contributed by atoms with Crippen molar-refractivity contribution < 1.29 is 9.47 Å². The van der Waals surface area contributed by atoms with Gasteiger partial charge in [-0.25, -0.2) is 9.97 Å². The van der Waals surface area contributed by atoms with E-state index >= 15 is 0 Å². The van der Waals surface area contributed by atoms with Gasteiger partial charge in [0.2, 0.25) is 5.88 Å². The molecule has 2 atom stereocenters. The predicted octanol–water partition coefficient (Wildman–Crippen LogP) is 2.35. The minimum atomic E-state index is 0.170. The first-order chi connectivity index (χ1) is 9.24. The summed E-state index contributed by atoms with van der Waals surface area (Å²) in [5.41, 5.74) is 6.84. The van der Waals surface area contributed by atoms with Crippen molar-refractivity contribution >= 4 is 5.82 Å². The Hall–Kier alpha value is -1.36. The summed E-state index contributed by atoms with van der Waals surface area (Å²) in [4.78, 5) is 8.29. The summed E-state index contributed by atoms with van der Waals surface area (Å²) in [7, 11) is 1.76. The lowest BCUT2D eigenvalue weighted by molar-refractivity contribution is 0.0191. The highest BCUT2D eigenvalue weighted by Crippen LogP contribution is 2.28. The average molecular weight is 265 g/mol. The van der Waals surface area contributed by atoms with Crippen LogP contribution in [-0.4, -0.2) is 29.3 Å². The van der Waals surface area contributed by atoms with E-state index < -0.39 is 0 Å². The molecule has 0 aromatic carbocycles. The zero-order valence-electron chi connectivity index (χ0n) is 11.8. The Kier molecular flexibility index (Phi) is 4.96. The zero-order valence-corrected chi connectivity index (χ0v) is 11.8. The van der Waals surface area contributed by atoms with Gasteiger partial charge in [0.05, 0.1) is 11.7 Å². The van der Waals surface area contributed by atoms with E-state index in [2.05, 4.69) is 16.9 Å². The molecule has 0 radical (unpaired) electrons. The number of hydrogen-bond donors (Lipinski definition) is 1. The number of ether oxygens (including phenoxy) is 2. The molecule has 1 heterocycles. The lowest BCUT2D eigenvalue weighted by Gasteiger charge is -2.28. The molecular formula is C14H23N3O2. The van der Waals surface area contributed by atoms with E-state index in [1.807, 2.05) is 0 Å². The van der Waals surface area contributed by atoms with Crippen molar-refractivity contribution in [3.05, 3.63) is 11.9 Å². The number of methoxy groups -OCH3 is 1. The number of aromatic nitrogens is 2. The van der Waals surface area contributed by atoms with Crippen LogP contribution in [0.3, 0.4) is 0 Å². The van der Waals surface area contributed by atoms with E-state index in [-0.39, 0.29) is 6.10 Å². The Morgan fingerprint density at radius 2 is 2.11 bits per heavy atom. The molecule has 2 N–H and O–H groups in total. The second kappa shape index (κ2) is 6.70. The van der Waals surface area contributed by atoms with Gasteiger partial charge in [-0.1, -0.05) is 13.3 Å². The molecule has 0 saturated heterocycles. The number of nitrogens with zero attached hydrogens (tertiary/aromatic N) is 2.